The minimum Gasteiger partial charge on any atom is -0.382 e. The Balaban J connectivity index is 1.57. The first kappa shape index (κ1) is 20.1. The average molecular weight is 425 g/mol. The largest absolute Gasteiger partial charge is 0.382 e. The Morgan fingerprint density at radius 2 is 1.96 bits per heavy atom. The van der Waals surface area contributed by atoms with Crippen LogP contribution >= 0.6 is 23.2 Å². The van der Waals surface area contributed by atoms with Crippen molar-refractivity contribution in [2.75, 3.05) is 11.5 Å². The van der Waals surface area contributed by atoms with Crippen LogP contribution in [0.4, 0.5) is 5.82 Å². The zero-order chi connectivity index (χ0) is 19.6. The first-order valence-electron chi connectivity index (χ1n) is 8.80. The lowest BCUT2D eigenvalue weighted by Crippen LogP contribution is -2.04. The van der Waals surface area contributed by atoms with E-state index in [9.17, 15) is 4.21 Å². The molecule has 8 heteroatoms. The van der Waals surface area contributed by atoms with Gasteiger partial charge >= 0.3 is 0 Å². The number of nitrogens with two attached hydrogens (primary N) is 1. The molecule has 0 fully saturated rings. The van der Waals surface area contributed by atoms with Gasteiger partial charge in [-0.1, -0.05) is 29.6 Å². The van der Waals surface area contributed by atoms with E-state index in [1.54, 1.807) is 24.4 Å². The van der Waals surface area contributed by atoms with Crippen LogP contribution in [-0.4, -0.2) is 24.5 Å². The van der Waals surface area contributed by atoms with Crippen molar-refractivity contribution in [2.24, 2.45) is 0 Å². The summed E-state index contributed by atoms with van der Waals surface area (Å²) in [5, 5.41) is 1.01. The molecule has 144 valence electrons. The number of rotatable bonds is 7. The summed E-state index contributed by atoms with van der Waals surface area (Å²) in [6.07, 6.45) is 4.59. The molecule has 1 atom stereocenters. The number of hydrogen-bond donors (Lipinski definition) is 1. The van der Waals surface area contributed by atoms with Gasteiger partial charge in [-0.15, -0.1) is 0 Å². The molecule has 2 N–H and O–H groups in total. The van der Waals surface area contributed by atoms with Crippen LogP contribution < -0.4 is 5.73 Å². The van der Waals surface area contributed by atoms with Crippen molar-refractivity contribution in [3.05, 3.63) is 45.8 Å². The van der Waals surface area contributed by atoms with E-state index >= 15 is 0 Å². The number of pyridine rings is 1. The number of anilines is 1. The van der Waals surface area contributed by atoms with E-state index in [2.05, 4.69) is 14.5 Å². The number of benzene rings is 1. The third kappa shape index (κ3) is 4.45. The van der Waals surface area contributed by atoms with E-state index in [1.807, 2.05) is 13.8 Å². The van der Waals surface area contributed by atoms with E-state index in [4.69, 9.17) is 28.9 Å². The number of hydrogen-bond acceptors (Lipinski definition) is 4. The molecule has 0 radical (unpaired) electrons. The van der Waals surface area contributed by atoms with Gasteiger partial charge in [-0.25, -0.2) is 9.97 Å². The topological polar surface area (TPSA) is 73.8 Å². The summed E-state index contributed by atoms with van der Waals surface area (Å²) in [5.74, 6) is 1.98. The molecule has 0 aliphatic carbocycles. The number of nitrogens with zero attached hydrogens (tertiary/aromatic N) is 3. The minimum absolute atomic E-state index is 0.461. The maximum absolute atomic E-state index is 12.4. The first-order chi connectivity index (χ1) is 12.9. The molecular formula is C19H22Cl2N4OS. The average Bonchev–Trinajstić information content (AvgIpc) is 2.95. The quantitative estimate of drug-likeness (QED) is 0.546. The molecule has 3 rings (SSSR count). The summed E-state index contributed by atoms with van der Waals surface area (Å²) >= 11 is 12.0. The molecule has 0 aliphatic rings. The van der Waals surface area contributed by atoms with Crippen molar-refractivity contribution in [1.29, 1.82) is 0 Å². The van der Waals surface area contributed by atoms with E-state index in [1.165, 1.54) is 0 Å². The second-order valence-corrected chi connectivity index (χ2v) is 8.90. The predicted molar refractivity (Wildman–Crippen MR) is 113 cm³/mol. The highest BCUT2D eigenvalue weighted by Gasteiger charge is 2.13. The van der Waals surface area contributed by atoms with E-state index < -0.39 is 10.8 Å². The molecule has 1 aromatic carbocycles. The van der Waals surface area contributed by atoms with Crippen molar-refractivity contribution in [3.63, 3.8) is 0 Å². The molecule has 2 heterocycles. The summed E-state index contributed by atoms with van der Waals surface area (Å²) in [6, 6.07) is 5.09. The lowest BCUT2D eigenvalue weighted by Gasteiger charge is -2.09. The molecule has 3 aromatic rings. The Morgan fingerprint density at radius 3 is 2.70 bits per heavy atom. The standard InChI is InChI=1S/C19H22Cl2N4OS/c1-12-11-23-19(22)17-18(12)25(13(2)24-17)8-4-3-5-9-27(26)16-7-6-14(20)10-15(16)21/h6-7,10-11H,3-5,8-9H2,1-2H3,(H2,22,23). The summed E-state index contributed by atoms with van der Waals surface area (Å²) < 4.78 is 14.6. The van der Waals surface area contributed by atoms with Crippen LogP contribution in [0.3, 0.4) is 0 Å². The van der Waals surface area contributed by atoms with Gasteiger partial charge in [0.2, 0.25) is 0 Å². The minimum atomic E-state index is -1.11. The van der Waals surface area contributed by atoms with Crippen molar-refractivity contribution in [3.8, 4) is 0 Å². The van der Waals surface area contributed by atoms with Crippen LogP contribution in [0.5, 0.6) is 0 Å². The Bertz CT molecular complexity index is 1000. The fourth-order valence-corrected chi connectivity index (χ4v) is 5.00. The highest BCUT2D eigenvalue weighted by atomic mass is 35.5. The summed E-state index contributed by atoms with van der Waals surface area (Å²) in [6.45, 7) is 4.85. The molecule has 1 unspecified atom stereocenters. The lowest BCUT2D eigenvalue weighted by molar-refractivity contribution is 0.600. The van der Waals surface area contributed by atoms with E-state index in [0.29, 0.717) is 26.5 Å². The first-order valence-corrected chi connectivity index (χ1v) is 10.9. The van der Waals surface area contributed by atoms with Gasteiger partial charge in [-0.2, -0.15) is 0 Å². The van der Waals surface area contributed by atoms with E-state index in [0.717, 1.165) is 48.2 Å². The highest BCUT2D eigenvalue weighted by Crippen LogP contribution is 2.25. The number of fused-ring (bicyclic) bond motifs is 1. The molecule has 0 spiro atoms. The Kier molecular flexibility index (Phi) is 6.40. The number of unbranched alkanes of at least 4 members (excludes halogenated alkanes) is 2. The van der Waals surface area contributed by atoms with Gasteiger partial charge in [0, 0.05) is 23.5 Å². The third-order valence-electron chi connectivity index (χ3n) is 4.52. The summed E-state index contributed by atoms with van der Waals surface area (Å²) in [7, 11) is -1.11. The molecule has 0 aliphatic heterocycles. The van der Waals surface area contributed by atoms with Gasteiger partial charge in [0.25, 0.3) is 0 Å². The lowest BCUT2D eigenvalue weighted by atomic mass is 10.2. The van der Waals surface area contributed by atoms with Crippen molar-refractivity contribution >= 4 is 50.9 Å². The smallest absolute Gasteiger partial charge is 0.151 e. The van der Waals surface area contributed by atoms with Gasteiger partial charge in [0.05, 0.1) is 26.2 Å². The second-order valence-electron chi connectivity index (χ2n) is 6.52. The number of nitrogen functional groups attached to an aromatic ring is 1. The van der Waals surface area contributed by atoms with Gasteiger partial charge in [0.1, 0.15) is 11.3 Å². The van der Waals surface area contributed by atoms with Gasteiger partial charge < -0.3 is 10.3 Å². The molecule has 2 aromatic heterocycles. The third-order valence-corrected chi connectivity index (χ3v) is 6.69. The number of aryl methyl sites for hydroxylation is 3. The van der Waals surface area contributed by atoms with Crippen LogP contribution in [0.25, 0.3) is 11.0 Å². The maximum atomic E-state index is 12.4. The summed E-state index contributed by atoms with van der Waals surface area (Å²) in [4.78, 5) is 9.39. The van der Waals surface area contributed by atoms with Crippen LogP contribution in [0.15, 0.2) is 29.3 Å². The van der Waals surface area contributed by atoms with E-state index in [-0.39, 0.29) is 0 Å². The van der Waals surface area contributed by atoms with Crippen molar-refractivity contribution in [1.82, 2.24) is 14.5 Å². The zero-order valence-electron chi connectivity index (χ0n) is 15.3. The Labute approximate surface area is 171 Å². The molecule has 0 amide bonds. The van der Waals surface area contributed by atoms with Gasteiger partial charge in [0.15, 0.2) is 5.82 Å². The van der Waals surface area contributed by atoms with Crippen LogP contribution in [0, 0.1) is 13.8 Å². The summed E-state index contributed by atoms with van der Waals surface area (Å²) in [5.41, 5.74) is 8.84. The fraction of sp³-hybridized carbons (Fsp3) is 0.368. The van der Waals surface area contributed by atoms with Crippen LogP contribution in [-0.2, 0) is 17.3 Å². The number of halogens is 2. The maximum Gasteiger partial charge on any atom is 0.151 e. The highest BCUT2D eigenvalue weighted by molar-refractivity contribution is 7.85. The molecular weight excluding hydrogens is 403 g/mol. The predicted octanol–water partition coefficient (Wildman–Crippen LogP) is 4.92. The molecule has 5 nitrogen and oxygen atoms in total. The normalized spacial score (nSPS) is 12.6. The fourth-order valence-electron chi connectivity index (χ4n) is 3.15. The number of imidazole rings is 1. The molecule has 0 bridgehead atoms. The molecule has 27 heavy (non-hydrogen) atoms. The van der Waals surface area contributed by atoms with Crippen molar-refractivity contribution in [2.45, 2.75) is 44.6 Å². The Hall–Kier alpha value is -1.63. The zero-order valence-corrected chi connectivity index (χ0v) is 17.7. The SMILES string of the molecule is Cc1cnc(N)c2nc(C)n(CCCCCS(=O)c3ccc(Cl)cc3Cl)c12. The Morgan fingerprint density at radius 1 is 1.19 bits per heavy atom. The van der Waals surface area contributed by atoms with Gasteiger partial charge in [-0.3, -0.25) is 4.21 Å². The monoisotopic (exact) mass is 424 g/mol. The van der Waals surface area contributed by atoms with Crippen LogP contribution in [0.1, 0.15) is 30.7 Å². The molecule has 0 saturated carbocycles. The second kappa shape index (κ2) is 8.59. The van der Waals surface area contributed by atoms with Crippen LogP contribution in [0.2, 0.25) is 10.0 Å². The number of aromatic nitrogens is 3. The van der Waals surface area contributed by atoms with Crippen molar-refractivity contribution < 1.29 is 4.21 Å². The molecule has 0 saturated heterocycles. The van der Waals surface area contributed by atoms with Gasteiger partial charge in [-0.05, 0) is 50.5 Å².